The van der Waals surface area contributed by atoms with Gasteiger partial charge in [0.15, 0.2) is 0 Å². The minimum absolute atomic E-state index is 0.199. The average Bonchev–Trinajstić information content (AvgIpc) is 2.93. The lowest BCUT2D eigenvalue weighted by Gasteiger charge is -2.15. The fourth-order valence-electron chi connectivity index (χ4n) is 2.75. The molecule has 1 aliphatic heterocycles. The van der Waals surface area contributed by atoms with E-state index in [0.29, 0.717) is 21.2 Å². The highest BCUT2D eigenvalue weighted by Crippen LogP contribution is 2.24. The van der Waals surface area contributed by atoms with Crippen molar-refractivity contribution in [2.45, 2.75) is 6.42 Å². The van der Waals surface area contributed by atoms with E-state index in [4.69, 9.17) is 10.00 Å². The van der Waals surface area contributed by atoms with Crippen molar-refractivity contribution in [2.75, 3.05) is 23.9 Å². The van der Waals surface area contributed by atoms with Crippen LogP contribution in [0.3, 0.4) is 0 Å². The Hall–Kier alpha value is -4.19. The SMILES string of the molecule is COc1ccc(N2C(=O)C(=O)N(CC(=O)Nc3ccc(CC#N)cc3)C2=O)cc1. The highest BCUT2D eigenvalue weighted by Gasteiger charge is 2.46. The number of amides is 5. The standard InChI is InChI=1S/C20H16N4O5/c1-29-16-8-6-15(7-9-16)24-19(27)18(26)23(20(24)28)12-17(25)22-14-4-2-13(3-5-14)10-11-21/h2-9H,10,12H2,1H3,(H,22,25). The van der Waals surface area contributed by atoms with Gasteiger partial charge in [-0.25, -0.2) is 14.6 Å². The van der Waals surface area contributed by atoms with Crippen molar-refractivity contribution in [3.63, 3.8) is 0 Å². The number of nitrogens with one attached hydrogen (secondary N) is 1. The van der Waals surface area contributed by atoms with E-state index in [9.17, 15) is 19.2 Å². The summed E-state index contributed by atoms with van der Waals surface area (Å²) in [5.74, 6) is -2.22. The van der Waals surface area contributed by atoms with Crippen molar-refractivity contribution in [3.05, 3.63) is 54.1 Å². The van der Waals surface area contributed by atoms with E-state index in [1.54, 1.807) is 36.4 Å². The van der Waals surface area contributed by atoms with Crippen molar-refractivity contribution in [1.82, 2.24) is 4.90 Å². The van der Waals surface area contributed by atoms with Crippen LogP contribution in [-0.4, -0.2) is 42.3 Å². The molecule has 1 saturated heterocycles. The molecule has 2 aromatic rings. The molecule has 9 nitrogen and oxygen atoms in total. The Labute approximate surface area is 166 Å². The molecule has 5 amide bonds. The zero-order valence-corrected chi connectivity index (χ0v) is 15.4. The molecule has 146 valence electrons. The third-order valence-electron chi connectivity index (χ3n) is 4.21. The van der Waals surface area contributed by atoms with E-state index in [-0.39, 0.29) is 12.1 Å². The summed E-state index contributed by atoms with van der Waals surface area (Å²) in [4.78, 5) is 50.6. The van der Waals surface area contributed by atoms with E-state index < -0.39 is 30.3 Å². The van der Waals surface area contributed by atoms with Gasteiger partial charge >= 0.3 is 17.8 Å². The summed E-state index contributed by atoms with van der Waals surface area (Å²) in [6, 6.07) is 13.7. The molecular weight excluding hydrogens is 376 g/mol. The summed E-state index contributed by atoms with van der Waals surface area (Å²) in [6.45, 7) is -0.601. The van der Waals surface area contributed by atoms with Gasteiger partial charge in [0.25, 0.3) is 0 Å². The number of hydrogen-bond donors (Lipinski definition) is 1. The van der Waals surface area contributed by atoms with Crippen molar-refractivity contribution in [1.29, 1.82) is 5.26 Å². The largest absolute Gasteiger partial charge is 0.497 e. The second kappa shape index (κ2) is 8.22. The minimum Gasteiger partial charge on any atom is -0.497 e. The van der Waals surface area contributed by atoms with E-state index in [1.165, 1.54) is 19.2 Å². The average molecular weight is 392 g/mol. The Morgan fingerprint density at radius 3 is 2.28 bits per heavy atom. The summed E-state index contributed by atoms with van der Waals surface area (Å²) >= 11 is 0. The molecule has 0 saturated carbocycles. The summed E-state index contributed by atoms with van der Waals surface area (Å²) in [5, 5.41) is 11.2. The molecule has 0 bridgehead atoms. The first-order valence-electron chi connectivity index (χ1n) is 8.54. The van der Waals surface area contributed by atoms with Gasteiger partial charge in [-0.1, -0.05) is 12.1 Å². The van der Waals surface area contributed by atoms with Crippen LogP contribution < -0.4 is 15.0 Å². The first-order valence-corrected chi connectivity index (χ1v) is 8.54. The van der Waals surface area contributed by atoms with Crippen molar-refractivity contribution in [2.24, 2.45) is 0 Å². The molecule has 0 unspecified atom stereocenters. The van der Waals surface area contributed by atoms with Gasteiger partial charge in [-0.05, 0) is 42.0 Å². The first kappa shape index (κ1) is 19.6. The van der Waals surface area contributed by atoms with E-state index in [0.717, 1.165) is 5.56 Å². The molecule has 1 heterocycles. The molecule has 1 aliphatic rings. The van der Waals surface area contributed by atoms with Gasteiger partial charge in [0, 0.05) is 5.69 Å². The molecule has 0 aromatic heterocycles. The molecule has 29 heavy (non-hydrogen) atoms. The number of methoxy groups -OCH3 is 1. The van der Waals surface area contributed by atoms with Gasteiger partial charge in [0.05, 0.1) is 25.3 Å². The van der Waals surface area contributed by atoms with Gasteiger partial charge in [-0.3, -0.25) is 14.4 Å². The number of imide groups is 2. The lowest BCUT2D eigenvalue weighted by atomic mass is 10.1. The lowest BCUT2D eigenvalue weighted by molar-refractivity contribution is -0.140. The monoisotopic (exact) mass is 392 g/mol. The molecule has 1 N–H and O–H groups in total. The summed E-state index contributed by atoms with van der Waals surface area (Å²) in [6.07, 6.45) is 0.244. The maximum atomic E-state index is 12.6. The van der Waals surface area contributed by atoms with Crippen LogP contribution in [0.1, 0.15) is 5.56 Å². The van der Waals surface area contributed by atoms with E-state index >= 15 is 0 Å². The van der Waals surface area contributed by atoms with Crippen LogP contribution in [0.15, 0.2) is 48.5 Å². The molecule has 0 radical (unpaired) electrons. The third kappa shape index (κ3) is 4.06. The van der Waals surface area contributed by atoms with Crippen LogP contribution in [0.25, 0.3) is 0 Å². The van der Waals surface area contributed by atoms with Crippen LogP contribution in [0, 0.1) is 11.3 Å². The van der Waals surface area contributed by atoms with Crippen molar-refractivity contribution >= 4 is 35.1 Å². The van der Waals surface area contributed by atoms with Gasteiger partial charge < -0.3 is 10.1 Å². The summed E-state index contributed by atoms with van der Waals surface area (Å²) in [5.41, 5.74) is 1.43. The first-order chi connectivity index (χ1) is 13.9. The van der Waals surface area contributed by atoms with E-state index in [2.05, 4.69) is 5.32 Å². The van der Waals surface area contributed by atoms with Crippen LogP contribution in [0.2, 0.25) is 0 Å². The number of anilines is 2. The van der Waals surface area contributed by atoms with Crippen LogP contribution in [0.4, 0.5) is 16.2 Å². The zero-order chi connectivity index (χ0) is 21.0. The predicted molar refractivity (Wildman–Crippen MR) is 102 cm³/mol. The summed E-state index contributed by atoms with van der Waals surface area (Å²) < 4.78 is 5.02. The smallest absolute Gasteiger partial charge is 0.339 e. The number of nitriles is 1. The molecule has 2 aromatic carbocycles. The number of hydrogen-bond acceptors (Lipinski definition) is 6. The van der Waals surface area contributed by atoms with Crippen molar-refractivity contribution in [3.8, 4) is 11.8 Å². The Kier molecular flexibility index (Phi) is 5.55. The van der Waals surface area contributed by atoms with Gasteiger partial charge in [0.2, 0.25) is 5.91 Å². The maximum Gasteiger partial charge on any atom is 0.339 e. The Morgan fingerprint density at radius 2 is 1.69 bits per heavy atom. The second-order valence-electron chi connectivity index (χ2n) is 6.09. The molecular formula is C20H16N4O5. The minimum atomic E-state index is -1.08. The highest BCUT2D eigenvalue weighted by atomic mass is 16.5. The Balaban J connectivity index is 1.69. The number of ether oxygens (including phenoxy) is 1. The molecule has 9 heteroatoms. The number of nitrogens with zero attached hydrogens (tertiary/aromatic N) is 3. The maximum absolute atomic E-state index is 12.6. The number of rotatable bonds is 6. The van der Waals surface area contributed by atoms with Gasteiger partial charge in [-0.15, -0.1) is 0 Å². The van der Waals surface area contributed by atoms with Gasteiger partial charge in [-0.2, -0.15) is 5.26 Å². The molecule has 1 fully saturated rings. The number of urea groups is 1. The Morgan fingerprint density at radius 1 is 1.03 bits per heavy atom. The van der Waals surface area contributed by atoms with Crippen LogP contribution in [-0.2, 0) is 20.8 Å². The van der Waals surface area contributed by atoms with E-state index in [1.807, 2.05) is 6.07 Å². The van der Waals surface area contributed by atoms with Crippen LogP contribution >= 0.6 is 0 Å². The normalized spacial score (nSPS) is 13.4. The number of benzene rings is 2. The van der Waals surface area contributed by atoms with Gasteiger partial charge in [0.1, 0.15) is 12.3 Å². The van der Waals surface area contributed by atoms with Crippen LogP contribution in [0.5, 0.6) is 5.75 Å². The fourth-order valence-corrected chi connectivity index (χ4v) is 2.75. The Bertz CT molecular complexity index is 1010. The summed E-state index contributed by atoms with van der Waals surface area (Å²) in [7, 11) is 1.47. The molecule has 0 spiro atoms. The number of carbonyl (C=O) groups is 4. The highest BCUT2D eigenvalue weighted by molar-refractivity contribution is 6.53. The molecule has 0 atom stereocenters. The topological polar surface area (TPSA) is 120 Å². The quantitative estimate of drug-likeness (QED) is 0.590. The number of carbonyl (C=O) groups excluding carboxylic acids is 4. The lowest BCUT2D eigenvalue weighted by Crippen LogP contribution is -2.39. The third-order valence-corrected chi connectivity index (χ3v) is 4.21. The molecule has 3 rings (SSSR count). The zero-order valence-electron chi connectivity index (χ0n) is 15.4. The predicted octanol–water partition coefficient (Wildman–Crippen LogP) is 1.70. The molecule has 0 aliphatic carbocycles. The second-order valence-corrected chi connectivity index (χ2v) is 6.09. The fraction of sp³-hybridized carbons (Fsp3) is 0.150. The van der Waals surface area contributed by atoms with Crippen molar-refractivity contribution < 1.29 is 23.9 Å².